The minimum Gasteiger partial charge on any atom is -0.387 e. The van der Waals surface area contributed by atoms with E-state index in [2.05, 4.69) is 9.88 Å². The molecule has 5 nitrogen and oxygen atoms in total. The molecule has 6 heteroatoms. The minimum absolute atomic E-state index is 0.0120. The van der Waals surface area contributed by atoms with Gasteiger partial charge in [-0.05, 0) is 57.2 Å². The summed E-state index contributed by atoms with van der Waals surface area (Å²) in [5, 5.41) is 11.7. The number of thioether (sulfide) groups is 1. The van der Waals surface area contributed by atoms with E-state index in [1.807, 2.05) is 12.3 Å². The monoisotopic (exact) mass is 335 g/mol. The van der Waals surface area contributed by atoms with Gasteiger partial charge in [0, 0.05) is 19.3 Å². The molecule has 0 aliphatic carbocycles. The highest BCUT2D eigenvalue weighted by Crippen LogP contribution is 2.26. The number of hydrogen-bond acceptors (Lipinski definition) is 5. The number of rotatable bonds is 4. The summed E-state index contributed by atoms with van der Waals surface area (Å²) >= 11 is 1.48. The van der Waals surface area contributed by atoms with Gasteiger partial charge in [-0.2, -0.15) is 0 Å². The molecule has 23 heavy (non-hydrogen) atoms. The van der Waals surface area contributed by atoms with Gasteiger partial charge in [0.15, 0.2) is 0 Å². The molecule has 1 N–H and O–H groups in total. The average molecular weight is 335 g/mol. The van der Waals surface area contributed by atoms with Crippen molar-refractivity contribution >= 4 is 17.7 Å². The molecule has 0 spiro atoms. The normalized spacial score (nSPS) is 25.7. The Bertz CT molecular complexity index is 563. The number of amides is 1. The lowest BCUT2D eigenvalue weighted by atomic mass is 9.92. The number of carbonyl (C=O) groups excluding carboxylic acids is 1. The van der Waals surface area contributed by atoms with Crippen LogP contribution in [0, 0.1) is 0 Å². The predicted molar refractivity (Wildman–Crippen MR) is 91.8 cm³/mol. The molecule has 3 heterocycles. The van der Waals surface area contributed by atoms with Gasteiger partial charge in [-0.15, -0.1) is 11.8 Å². The zero-order valence-corrected chi connectivity index (χ0v) is 14.5. The van der Waals surface area contributed by atoms with Crippen molar-refractivity contribution in [1.29, 1.82) is 0 Å². The molecule has 1 amide bonds. The number of carbonyl (C=O) groups is 1. The van der Waals surface area contributed by atoms with Crippen molar-refractivity contribution in [2.45, 2.75) is 36.3 Å². The molecule has 2 fully saturated rings. The van der Waals surface area contributed by atoms with E-state index in [9.17, 15) is 9.90 Å². The van der Waals surface area contributed by atoms with Crippen LogP contribution in [0.15, 0.2) is 23.4 Å². The minimum atomic E-state index is -0.778. The number of nitrogens with zero attached hydrogens (tertiary/aromatic N) is 3. The molecule has 0 radical (unpaired) electrons. The highest BCUT2D eigenvalue weighted by atomic mass is 32.2. The van der Waals surface area contributed by atoms with E-state index >= 15 is 0 Å². The molecule has 2 aliphatic rings. The molecule has 0 bridgehead atoms. The predicted octanol–water partition coefficient (Wildman–Crippen LogP) is 1.87. The van der Waals surface area contributed by atoms with Gasteiger partial charge in [0.05, 0.1) is 17.7 Å². The molecule has 1 atom stereocenters. The smallest absolute Gasteiger partial charge is 0.256 e. The van der Waals surface area contributed by atoms with Gasteiger partial charge < -0.3 is 14.9 Å². The van der Waals surface area contributed by atoms with Crippen molar-refractivity contribution in [2.24, 2.45) is 0 Å². The maximum absolute atomic E-state index is 12.9. The van der Waals surface area contributed by atoms with Crippen molar-refractivity contribution < 1.29 is 9.90 Å². The maximum Gasteiger partial charge on any atom is 0.256 e. The molecular weight excluding hydrogens is 310 g/mol. The standard InChI is InChI=1S/C17H25N3O2S/c1-23-15-14(6-4-8-18-15)16(21)20-11-5-7-17(22,13-20)12-19-9-2-3-10-19/h4,6,8,22H,2-3,5,7,9-13H2,1H3. The third-order valence-corrected chi connectivity index (χ3v) is 5.47. The number of aromatic nitrogens is 1. The molecule has 1 aromatic rings. The van der Waals surface area contributed by atoms with Crippen LogP contribution in [-0.4, -0.2) is 70.4 Å². The van der Waals surface area contributed by atoms with Gasteiger partial charge in [-0.25, -0.2) is 4.98 Å². The summed E-state index contributed by atoms with van der Waals surface area (Å²) in [6.07, 6.45) is 7.69. The molecular formula is C17H25N3O2S. The van der Waals surface area contributed by atoms with Crippen molar-refractivity contribution in [3.05, 3.63) is 23.9 Å². The van der Waals surface area contributed by atoms with Crippen LogP contribution in [0.3, 0.4) is 0 Å². The fourth-order valence-electron chi connectivity index (χ4n) is 3.66. The fourth-order valence-corrected chi connectivity index (χ4v) is 4.20. The molecule has 2 aliphatic heterocycles. The van der Waals surface area contributed by atoms with E-state index in [-0.39, 0.29) is 5.91 Å². The molecule has 1 unspecified atom stereocenters. The van der Waals surface area contributed by atoms with Crippen LogP contribution in [-0.2, 0) is 0 Å². The Labute approximate surface area is 142 Å². The van der Waals surface area contributed by atoms with Crippen molar-refractivity contribution in [2.75, 3.05) is 39.0 Å². The summed E-state index contributed by atoms with van der Waals surface area (Å²) < 4.78 is 0. The summed E-state index contributed by atoms with van der Waals surface area (Å²) in [6, 6.07) is 3.63. The first-order valence-electron chi connectivity index (χ1n) is 8.34. The summed E-state index contributed by atoms with van der Waals surface area (Å²) in [7, 11) is 0. The van der Waals surface area contributed by atoms with Crippen LogP contribution in [0.4, 0.5) is 0 Å². The summed E-state index contributed by atoms with van der Waals surface area (Å²) in [5.41, 5.74) is -0.134. The number of β-amino-alcohol motifs (C(OH)–C–C–N with tert-alkyl or cyclic N) is 1. The van der Waals surface area contributed by atoms with Gasteiger partial charge in [-0.1, -0.05) is 0 Å². The molecule has 1 aromatic heterocycles. The second kappa shape index (κ2) is 7.20. The van der Waals surface area contributed by atoms with E-state index in [4.69, 9.17) is 0 Å². The number of piperidine rings is 1. The second-order valence-electron chi connectivity index (χ2n) is 6.60. The van der Waals surface area contributed by atoms with Gasteiger partial charge in [0.2, 0.25) is 0 Å². The van der Waals surface area contributed by atoms with Crippen molar-refractivity contribution in [3.8, 4) is 0 Å². The van der Waals surface area contributed by atoms with Crippen LogP contribution < -0.4 is 0 Å². The van der Waals surface area contributed by atoms with Gasteiger partial charge >= 0.3 is 0 Å². The quantitative estimate of drug-likeness (QED) is 0.851. The first-order chi connectivity index (χ1) is 11.1. The van der Waals surface area contributed by atoms with E-state index in [0.29, 0.717) is 25.2 Å². The van der Waals surface area contributed by atoms with Crippen LogP contribution in [0.25, 0.3) is 0 Å². The number of likely N-dealkylation sites (tertiary alicyclic amines) is 2. The Hall–Kier alpha value is -1.11. The van der Waals surface area contributed by atoms with Crippen molar-refractivity contribution in [3.63, 3.8) is 0 Å². The lowest BCUT2D eigenvalue weighted by molar-refractivity contribution is -0.0431. The summed E-state index contributed by atoms with van der Waals surface area (Å²) in [4.78, 5) is 21.3. The SMILES string of the molecule is CSc1ncccc1C(=O)N1CCCC(O)(CN2CCCC2)C1. The van der Waals surface area contributed by atoms with E-state index in [1.54, 1.807) is 17.2 Å². The first-order valence-corrected chi connectivity index (χ1v) is 9.57. The van der Waals surface area contributed by atoms with Crippen LogP contribution >= 0.6 is 11.8 Å². The second-order valence-corrected chi connectivity index (χ2v) is 7.39. The number of pyridine rings is 1. The highest BCUT2D eigenvalue weighted by Gasteiger charge is 2.37. The average Bonchev–Trinajstić information content (AvgIpc) is 3.06. The van der Waals surface area contributed by atoms with E-state index in [0.717, 1.165) is 31.0 Å². The van der Waals surface area contributed by atoms with Crippen LogP contribution in [0.2, 0.25) is 0 Å². The van der Waals surface area contributed by atoms with Crippen LogP contribution in [0.5, 0.6) is 0 Å². The lowest BCUT2D eigenvalue weighted by Gasteiger charge is -2.41. The Morgan fingerprint density at radius 3 is 2.87 bits per heavy atom. The van der Waals surface area contributed by atoms with Gasteiger partial charge in [0.1, 0.15) is 5.03 Å². The van der Waals surface area contributed by atoms with E-state index < -0.39 is 5.60 Å². The zero-order chi connectivity index (χ0) is 16.3. The van der Waals surface area contributed by atoms with E-state index in [1.165, 1.54) is 24.6 Å². The summed E-state index contributed by atoms with van der Waals surface area (Å²) in [5.74, 6) is -0.0120. The number of hydrogen-bond donors (Lipinski definition) is 1. The largest absolute Gasteiger partial charge is 0.387 e. The Morgan fingerprint density at radius 1 is 1.35 bits per heavy atom. The Balaban J connectivity index is 1.71. The molecule has 0 saturated carbocycles. The van der Waals surface area contributed by atoms with Crippen molar-refractivity contribution in [1.82, 2.24) is 14.8 Å². The maximum atomic E-state index is 12.9. The lowest BCUT2D eigenvalue weighted by Crippen LogP contribution is -2.55. The molecule has 126 valence electrons. The molecule has 0 aromatic carbocycles. The van der Waals surface area contributed by atoms with Gasteiger partial charge in [0.25, 0.3) is 5.91 Å². The highest BCUT2D eigenvalue weighted by molar-refractivity contribution is 7.98. The first kappa shape index (κ1) is 16.7. The molecule has 2 saturated heterocycles. The summed E-state index contributed by atoms with van der Waals surface area (Å²) in [6.45, 7) is 3.94. The topological polar surface area (TPSA) is 56.7 Å². The number of aliphatic hydroxyl groups is 1. The fraction of sp³-hybridized carbons (Fsp3) is 0.647. The zero-order valence-electron chi connectivity index (χ0n) is 13.7. The van der Waals surface area contributed by atoms with Crippen LogP contribution in [0.1, 0.15) is 36.0 Å². The third-order valence-electron chi connectivity index (χ3n) is 4.75. The Morgan fingerprint density at radius 2 is 2.13 bits per heavy atom. The Kier molecular flexibility index (Phi) is 5.24. The molecule has 3 rings (SSSR count). The van der Waals surface area contributed by atoms with Gasteiger partial charge in [-0.3, -0.25) is 4.79 Å². The third kappa shape index (κ3) is 3.87.